The predicted molar refractivity (Wildman–Crippen MR) is 57.8 cm³/mol. The molecule has 0 aromatic carbocycles. The first-order valence-electron chi connectivity index (χ1n) is 6.72. The van der Waals surface area contributed by atoms with Gasteiger partial charge in [0.1, 0.15) is 0 Å². The van der Waals surface area contributed by atoms with Gasteiger partial charge >= 0.3 is 0 Å². The Morgan fingerprint density at radius 1 is 0.929 bits per heavy atom. The standard InChI is InChI=1S/C14H22/c1-8(2)14-7-11-5-12(14)4-10-3-9(11)6-13(10)14/h8-13H,3-7H2,1-2H3. The molecule has 0 aromatic rings. The van der Waals surface area contributed by atoms with E-state index in [2.05, 4.69) is 13.8 Å². The summed E-state index contributed by atoms with van der Waals surface area (Å²) >= 11 is 0. The number of hydrogen-bond acceptors (Lipinski definition) is 0. The van der Waals surface area contributed by atoms with Crippen molar-refractivity contribution >= 4 is 0 Å². The van der Waals surface area contributed by atoms with Crippen molar-refractivity contribution in [2.75, 3.05) is 0 Å². The summed E-state index contributed by atoms with van der Waals surface area (Å²) in [6, 6.07) is 0. The van der Waals surface area contributed by atoms with Gasteiger partial charge in [0.15, 0.2) is 0 Å². The Kier molecular flexibility index (Phi) is 1.30. The maximum Gasteiger partial charge on any atom is -0.0212 e. The minimum atomic E-state index is 0.836. The Morgan fingerprint density at radius 2 is 1.71 bits per heavy atom. The van der Waals surface area contributed by atoms with E-state index >= 15 is 0 Å². The van der Waals surface area contributed by atoms with Crippen LogP contribution in [-0.2, 0) is 0 Å². The van der Waals surface area contributed by atoms with Gasteiger partial charge in [-0.05, 0) is 73.0 Å². The maximum atomic E-state index is 2.51. The zero-order valence-corrected chi connectivity index (χ0v) is 9.50. The Labute approximate surface area is 87.5 Å². The van der Waals surface area contributed by atoms with Gasteiger partial charge in [0.25, 0.3) is 0 Å². The molecule has 4 rings (SSSR count). The molecule has 0 saturated heterocycles. The van der Waals surface area contributed by atoms with E-state index in [-0.39, 0.29) is 0 Å². The lowest BCUT2D eigenvalue weighted by atomic mass is 9.62. The summed E-state index contributed by atoms with van der Waals surface area (Å²) in [5.74, 6) is 6.77. The van der Waals surface area contributed by atoms with Gasteiger partial charge in [-0.25, -0.2) is 0 Å². The number of fused-ring (bicyclic) bond motifs is 3. The van der Waals surface area contributed by atoms with Crippen molar-refractivity contribution in [3.63, 3.8) is 0 Å². The van der Waals surface area contributed by atoms with Crippen LogP contribution < -0.4 is 0 Å². The molecule has 0 heteroatoms. The third-order valence-electron chi connectivity index (χ3n) is 6.71. The molecular weight excluding hydrogens is 168 g/mol. The molecule has 78 valence electrons. The van der Waals surface area contributed by atoms with Crippen LogP contribution in [0.2, 0.25) is 0 Å². The topological polar surface area (TPSA) is 0 Å². The van der Waals surface area contributed by atoms with E-state index in [4.69, 9.17) is 0 Å². The zero-order valence-electron chi connectivity index (χ0n) is 9.50. The zero-order chi connectivity index (χ0) is 9.50. The van der Waals surface area contributed by atoms with Crippen LogP contribution in [0.1, 0.15) is 46.0 Å². The van der Waals surface area contributed by atoms with Gasteiger partial charge in [-0.1, -0.05) is 13.8 Å². The van der Waals surface area contributed by atoms with Gasteiger partial charge in [-0.3, -0.25) is 0 Å². The third-order valence-corrected chi connectivity index (χ3v) is 6.71. The molecule has 0 nitrogen and oxygen atoms in total. The highest BCUT2D eigenvalue weighted by Gasteiger charge is 2.67. The van der Waals surface area contributed by atoms with E-state index < -0.39 is 0 Å². The van der Waals surface area contributed by atoms with Gasteiger partial charge in [-0.15, -0.1) is 0 Å². The summed E-state index contributed by atoms with van der Waals surface area (Å²) in [6.45, 7) is 5.02. The Balaban J connectivity index is 1.88. The van der Waals surface area contributed by atoms with E-state index in [1.165, 1.54) is 11.8 Å². The van der Waals surface area contributed by atoms with Crippen LogP contribution >= 0.6 is 0 Å². The van der Waals surface area contributed by atoms with Gasteiger partial charge < -0.3 is 0 Å². The summed E-state index contributed by atoms with van der Waals surface area (Å²) in [4.78, 5) is 0. The Hall–Kier alpha value is 0. The molecular formula is C14H22. The Morgan fingerprint density at radius 3 is 2.50 bits per heavy atom. The minimum absolute atomic E-state index is 0.836. The molecule has 0 radical (unpaired) electrons. The first-order valence-corrected chi connectivity index (χ1v) is 6.72. The summed E-state index contributed by atoms with van der Waals surface area (Å²) in [5, 5.41) is 0. The molecule has 0 amide bonds. The first-order chi connectivity index (χ1) is 6.72. The molecule has 6 unspecified atom stereocenters. The Bertz CT molecular complexity index is 276. The molecule has 0 heterocycles. The van der Waals surface area contributed by atoms with E-state index in [0.717, 1.165) is 29.1 Å². The summed E-state index contributed by atoms with van der Waals surface area (Å²) < 4.78 is 0. The van der Waals surface area contributed by atoms with Gasteiger partial charge in [0, 0.05) is 0 Å². The van der Waals surface area contributed by atoms with Crippen LogP contribution in [0.15, 0.2) is 0 Å². The second-order valence-corrected chi connectivity index (χ2v) is 7.00. The van der Waals surface area contributed by atoms with Crippen molar-refractivity contribution in [3.8, 4) is 0 Å². The summed E-state index contributed by atoms with van der Waals surface area (Å²) in [5.41, 5.74) is 0.836. The van der Waals surface area contributed by atoms with Crippen molar-refractivity contribution in [1.29, 1.82) is 0 Å². The molecule has 4 aliphatic rings. The molecule has 4 saturated carbocycles. The van der Waals surface area contributed by atoms with Crippen molar-refractivity contribution < 1.29 is 0 Å². The van der Waals surface area contributed by atoms with Gasteiger partial charge in [0.2, 0.25) is 0 Å². The van der Waals surface area contributed by atoms with Crippen LogP contribution in [0.5, 0.6) is 0 Å². The highest BCUT2D eigenvalue weighted by molar-refractivity contribution is 5.16. The summed E-state index contributed by atoms with van der Waals surface area (Å²) in [6.07, 6.45) is 8.12. The van der Waals surface area contributed by atoms with Crippen LogP contribution in [0, 0.1) is 40.9 Å². The highest BCUT2D eigenvalue weighted by atomic mass is 14.7. The molecule has 4 fully saturated rings. The molecule has 4 bridgehead atoms. The van der Waals surface area contributed by atoms with Crippen LogP contribution in [0.25, 0.3) is 0 Å². The highest BCUT2D eigenvalue weighted by Crippen LogP contribution is 2.75. The predicted octanol–water partition coefficient (Wildman–Crippen LogP) is 3.71. The molecule has 0 spiro atoms. The molecule has 6 atom stereocenters. The van der Waals surface area contributed by atoms with E-state index in [9.17, 15) is 0 Å². The smallest absolute Gasteiger partial charge is 0.0212 e. The lowest BCUT2D eigenvalue weighted by Crippen LogP contribution is -2.36. The fraction of sp³-hybridized carbons (Fsp3) is 1.00. The molecule has 0 N–H and O–H groups in total. The first kappa shape index (κ1) is 8.19. The van der Waals surface area contributed by atoms with Gasteiger partial charge in [-0.2, -0.15) is 0 Å². The lowest BCUT2D eigenvalue weighted by Gasteiger charge is -2.43. The van der Waals surface area contributed by atoms with Crippen LogP contribution in [0.4, 0.5) is 0 Å². The summed E-state index contributed by atoms with van der Waals surface area (Å²) in [7, 11) is 0. The normalized spacial score (nSPS) is 63.2. The van der Waals surface area contributed by atoms with Crippen molar-refractivity contribution in [3.05, 3.63) is 0 Å². The number of rotatable bonds is 1. The quantitative estimate of drug-likeness (QED) is 0.591. The molecule has 0 aromatic heterocycles. The minimum Gasteiger partial charge on any atom is -0.0622 e. The van der Waals surface area contributed by atoms with Gasteiger partial charge in [0.05, 0.1) is 0 Å². The fourth-order valence-electron chi connectivity index (χ4n) is 6.39. The van der Waals surface area contributed by atoms with E-state index in [1.807, 2.05) is 0 Å². The maximum absolute atomic E-state index is 2.51. The monoisotopic (exact) mass is 190 g/mol. The van der Waals surface area contributed by atoms with Crippen molar-refractivity contribution in [1.82, 2.24) is 0 Å². The van der Waals surface area contributed by atoms with E-state index in [0.29, 0.717) is 0 Å². The third kappa shape index (κ3) is 0.657. The second-order valence-electron chi connectivity index (χ2n) is 7.00. The van der Waals surface area contributed by atoms with Crippen LogP contribution in [0.3, 0.4) is 0 Å². The molecule has 14 heavy (non-hydrogen) atoms. The number of hydrogen-bond donors (Lipinski definition) is 0. The van der Waals surface area contributed by atoms with Crippen LogP contribution in [-0.4, -0.2) is 0 Å². The average Bonchev–Trinajstić information content (AvgIpc) is 2.59. The van der Waals surface area contributed by atoms with Crippen molar-refractivity contribution in [2.24, 2.45) is 40.9 Å². The molecule has 0 aliphatic heterocycles. The largest absolute Gasteiger partial charge is 0.0622 e. The second kappa shape index (κ2) is 2.23. The van der Waals surface area contributed by atoms with E-state index in [1.54, 1.807) is 32.1 Å². The molecule has 4 aliphatic carbocycles. The SMILES string of the molecule is CC(C)C12CC3CC1CC1CC3CC12. The average molecular weight is 190 g/mol. The fourth-order valence-corrected chi connectivity index (χ4v) is 6.39. The van der Waals surface area contributed by atoms with Crippen molar-refractivity contribution in [2.45, 2.75) is 46.0 Å². The lowest BCUT2D eigenvalue weighted by molar-refractivity contribution is 0.0559.